The standard InChI is InChI=1S/C27H31F2N3O4/c1-4-24-22(17-31(14-15-34-2)26(33)18-6-5-7-18)27(36-25-13-8-19(28)16-23(25)29)32(30-24)20-9-11-21(35-3)12-10-20/h8-13,16,18H,4-7,14-15,17H2,1-3H3. The molecule has 192 valence electrons. The predicted molar refractivity (Wildman–Crippen MR) is 131 cm³/mol. The van der Waals surface area contributed by atoms with Crippen molar-refractivity contribution in [1.29, 1.82) is 0 Å². The van der Waals surface area contributed by atoms with E-state index in [1.165, 1.54) is 6.07 Å². The van der Waals surface area contributed by atoms with Crippen LogP contribution in [0.1, 0.15) is 37.4 Å². The zero-order valence-corrected chi connectivity index (χ0v) is 20.8. The summed E-state index contributed by atoms with van der Waals surface area (Å²) < 4.78 is 46.3. The zero-order chi connectivity index (χ0) is 25.7. The van der Waals surface area contributed by atoms with Gasteiger partial charge in [0.1, 0.15) is 11.6 Å². The number of hydrogen-bond donors (Lipinski definition) is 0. The molecule has 0 atom stereocenters. The van der Waals surface area contributed by atoms with Crippen molar-refractivity contribution in [2.75, 3.05) is 27.4 Å². The smallest absolute Gasteiger partial charge is 0.228 e. The molecule has 1 amide bonds. The van der Waals surface area contributed by atoms with E-state index < -0.39 is 11.6 Å². The Morgan fingerprint density at radius 3 is 2.47 bits per heavy atom. The average Bonchev–Trinajstić information content (AvgIpc) is 3.19. The molecule has 9 heteroatoms. The molecule has 0 unspecified atom stereocenters. The van der Waals surface area contributed by atoms with Gasteiger partial charge in [0, 0.05) is 25.6 Å². The van der Waals surface area contributed by atoms with Crippen molar-refractivity contribution in [3.05, 3.63) is 65.4 Å². The number of nitrogens with zero attached hydrogens (tertiary/aromatic N) is 3. The minimum absolute atomic E-state index is 0.00229. The second-order valence-corrected chi connectivity index (χ2v) is 8.75. The second kappa shape index (κ2) is 11.5. The summed E-state index contributed by atoms with van der Waals surface area (Å²) in [6, 6.07) is 10.3. The summed E-state index contributed by atoms with van der Waals surface area (Å²) in [5, 5.41) is 4.75. The molecule has 1 aliphatic carbocycles. The molecule has 0 spiro atoms. The first kappa shape index (κ1) is 25.6. The van der Waals surface area contributed by atoms with E-state index in [9.17, 15) is 13.6 Å². The van der Waals surface area contributed by atoms with Gasteiger partial charge < -0.3 is 19.1 Å². The lowest BCUT2D eigenvalue weighted by molar-refractivity contribution is -0.139. The van der Waals surface area contributed by atoms with Gasteiger partial charge in [0.15, 0.2) is 11.6 Å². The summed E-state index contributed by atoms with van der Waals surface area (Å²) in [7, 11) is 3.17. The lowest BCUT2D eigenvalue weighted by Gasteiger charge is -2.31. The summed E-state index contributed by atoms with van der Waals surface area (Å²) in [5.74, 6) is -0.655. The molecule has 1 aliphatic rings. The number of methoxy groups -OCH3 is 2. The summed E-state index contributed by atoms with van der Waals surface area (Å²) in [5.41, 5.74) is 2.05. The Bertz CT molecular complexity index is 1190. The van der Waals surface area contributed by atoms with Crippen molar-refractivity contribution in [3.63, 3.8) is 0 Å². The number of halogens is 2. The van der Waals surface area contributed by atoms with E-state index in [0.717, 1.165) is 31.4 Å². The molecule has 1 heterocycles. The monoisotopic (exact) mass is 499 g/mol. The number of carbonyl (C=O) groups is 1. The summed E-state index contributed by atoms with van der Waals surface area (Å²) in [4.78, 5) is 15.0. The van der Waals surface area contributed by atoms with E-state index in [1.54, 1.807) is 35.9 Å². The largest absolute Gasteiger partial charge is 0.497 e. The molecule has 0 bridgehead atoms. The fraction of sp³-hybridized carbons (Fsp3) is 0.407. The summed E-state index contributed by atoms with van der Waals surface area (Å²) in [6.07, 6.45) is 3.36. The second-order valence-electron chi connectivity index (χ2n) is 8.75. The lowest BCUT2D eigenvalue weighted by atomic mass is 9.84. The van der Waals surface area contributed by atoms with E-state index in [-0.39, 0.29) is 30.0 Å². The first-order valence-corrected chi connectivity index (χ1v) is 12.1. The van der Waals surface area contributed by atoms with Crippen LogP contribution in [0.5, 0.6) is 17.4 Å². The fourth-order valence-electron chi connectivity index (χ4n) is 4.16. The molecule has 1 fully saturated rings. The van der Waals surface area contributed by atoms with Crippen molar-refractivity contribution in [2.24, 2.45) is 5.92 Å². The molecular formula is C27H31F2N3O4. The first-order chi connectivity index (χ1) is 17.4. The van der Waals surface area contributed by atoms with Gasteiger partial charge in [-0.1, -0.05) is 13.3 Å². The maximum atomic E-state index is 14.6. The SMILES string of the molecule is CCc1nn(-c2ccc(OC)cc2)c(Oc2ccc(F)cc2F)c1CN(CCOC)C(=O)C1CCC1. The van der Waals surface area contributed by atoms with Gasteiger partial charge in [0.05, 0.1) is 37.2 Å². The van der Waals surface area contributed by atoms with Gasteiger partial charge in [-0.15, -0.1) is 0 Å². The highest BCUT2D eigenvalue weighted by Gasteiger charge is 2.31. The molecule has 7 nitrogen and oxygen atoms in total. The Hall–Kier alpha value is -3.46. The van der Waals surface area contributed by atoms with Crippen LogP contribution >= 0.6 is 0 Å². The highest BCUT2D eigenvalue weighted by atomic mass is 19.1. The predicted octanol–water partition coefficient (Wildman–Crippen LogP) is 5.29. The molecule has 4 rings (SSSR count). The normalized spacial score (nSPS) is 13.4. The average molecular weight is 500 g/mol. The Morgan fingerprint density at radius 2 is 1.89 bits per heavy atom. The van der Waals surface area contributed by atoms with Crippen molar-refractivity contribution < 1.29 is 27.8 Å². The maximum absolute atomic E-state index is 14.6. The summed E-state index contributed by atoms with van der Waals surface area (Å²) >= 11 is 0. The number of ether oxygens (including phenoxy) is 3. The van der Waals surface area contributed by atoms with Crippen LogP contribution in [-0.2, 0) is 22.5 Å². The van der Waals surface area contributed by atoms with Gasteiger partial charge in [0.2, 0.25) is 11.8 Å². The maximum Gasteiger partial charge on any atom is 0.228 e. The highest BCUT2D eigenvalue weighted by molar-refractivity contribution is 5.79. The molecular weight excluding hydrogens is 468 g/mol. The van der Waals surface area contributed by atoms with Crippen LogP contribution in [0.2, 0.25) is 0 Å². The van der Waals surface area contributed by atoms with Crippen molar-refractivity contribution >= 4 is 5.91 Å². The van der Waals surface area contributed by atoms with Crippen molar-refractivity contribution in [2.45, 2.75) is 39.2 Å². The minimum Gasteiger partial charge on any atom is -0.497 e. The van der Waals surface area contributed by atoms with Crippen LogP contribution in [0.25, 0.3) is 5.69 Å². The van der Waals surface area contributed by atoms with E-state index in [0.29, 0.717) is 42.3 Å². The fourth-order valence-corrected chi connectivity index (χ4v) is 4.16. The first-order valence-electron chi connectivity index (χ1n) is 12.1. The molecule has 0 N–H and O–H groups in total. The summed E-state index contributed by atoms with van der Waals surface area (Å²) in [6.45, 7) is 2.98. The highest BCUT2D eigenvalue weighted by Crippen LogP contribution is 2.35. The van der Waals surface area contributed by atoms with E-state index in [2.05, 4.69) is 0 Å². The number of rotatable bonds is 11. The van der Waals surface area contributed by atoms with E-state index >= 15 is 0 Å². The molecule has 36 heavy (non-hydrogen) atoms. The van der Waals surface area contributed by atoms with E-state index in [4.69, 9.17) is 19.3 Å². The van der Waals surface area contributed by atoms with Gasteiger partial charge in [0.25, 0.3) is 0 Å². The van der Waals surface area contributed by atoms with Crippen molar-refractivity contribution in [3.8, 4) is 23.1 Å². The van der Waals surface area contributed by atoms with Gasteiger partial charge in [-0.05, 0) is 55.7 Å². The third-order valence-electron chi connectivity index (χ3n) is 6.45. The van der Waals surface area contributed by atoms with Crippen LogP contribution < -0.4 is 9.47 Å². The van der Waals surface area contributed by atoms with Crippen LogP contribution in [-0.4, -0.2) is 48.0 Å². The Labute approximate surface area is 209 Å². The topological polar surface area (TPSA) is 65.8 Å². The number of benzene rings is 2. The van der Waals surface area contributed by atoms with Gasteiger partial charge in [-0.25, -0.2) is 13.5 Å². The quantitative estimate of drug-likeness (QED) is 0.359. The van der Waals surface area contributed by atoms with Crippen LogP contribution in [0.3, 0.4) is 0 Å². The number of carbonyl (C=O) groups excluding carboxylic acids is 1. The van der Waals surface area contributed by atoms with Crippen LogP contribution in [0.4, 0.5) is 8.78 Å². The Kier molecular flexibility index (Phi) is 8.20. The third kappa shape index (κ3) is 5.51. The van der Waals surface area contributed by atoms with Crippen molar-refractivity contribution in [1.82, 2.24) is 14.7 Å². The number of aromatic nitrogens is 2. The van der Waals surface area contributed by atoms with Gasteiger partial charge >= 0.3 is 0 Å². The minimum atomic E-state index is -0.830. The molecule has 1 aromatic heterocycles. The zero-order valence-electron chi connectivity index (χ0n) is 20.8. The van der Waals surface area contributed by atoms with Gasteiger partial charge in [-0.2, -0.15) is 5.10 Å². The Balaban J connectivity index is 1.79. The molecule has 0 saturated heterocycles. The van der Waals surface area contributed by atoms with E-state index in [1.807, 2.05) is 19.1 Å². The number of amides is 1. The third-order valence-corrected chi connectivity index (χ3v) is 6.45. The van der Waals surface area contributed by atoms with Crippen LogP contribution in [0.15, 0.2) is 42.5 Å². The molecule has 0 radical (unpaired) electrons. The molecule has 3 aromatic rings. The number of aryl methyl sites for hydroxylation is 1. The van der Waals surface area contributed by atoms with Gasteiger partial charge in [-0.3, -0.25) is 4.79 Å². The lowest BCUT2D eigenvalue weighted by Crippen LogP contribution is -2.40. The Morgan fingerprint density at radius 1 is 1.14 bits per heavy atom. The molecule has 1 saturated carbocycles. The molecule has 0 aliphatic heterocycles. The van der Waals surface area contributed by atoms with Crippen LogP contribution in [0, 0.1) is 17.6 Å². The molecule has 2 aromatic carbocycles. The number of hydrogen-bond acceptors (Lipinski definition) is 5.